The standard InChI is InChI=1S/C15H20N2O3S/c1-12-6-8-15(9-7-12)21(18,19)20-10-4-3-5-14-11-16-13(2)17-14/h6-9,11H,3-5,10H2,1-2H3,(H,16,17). The summed E-state index contributed by atoms with van der Waals surface area (Å²) >= 11 is 0. The lowest BCUT2D eigenvalue weighted by Crippen LogP contribution is -2.07. The molecule has 2 rings (SSSR count). The van der Waals surface area contributed by atoms with Gasteiger partial charge in [-0.2, -0.15) is 8.42 Å². The highest BCUT2D eigenvalue weighted by atomic mass is 32.2. The van der Waals surface area contributed by atoms with Gasteiger partial charge in [-0.1, -0.05) is 17.7 Å². The number of hydrogen-bond acceptors (Lipinski definition) is 4. The molecule has 0 atom stereocenters. The van der Waals surface area contributed by atoms with Gasteiger partial charge in [0.25, 0.3) is 10.1 Å². The van der Waals surface area contributed by atoms with Crippen molar-refractivity contribution in [2.24, 2.45) is 0 Å². The third-order valence-corrected chi connectivity index (χ3v) is 4.47. The smallest absolute Gasteiger partial charge is 0.296 e. The fourth-order valence-electron chi connectivity index (χ4n) is 1.96. The van der Waals surface area contributed by atoms with Crippen molar-refractivity contribution in [3.8, 4) is 0 Å². The first-order valence-electron chi connectivity index (χ1n) is 6.94. The van der Waals surface area contributed by atoms with Crippen LogP contribution in [0.5, 0.6) is 0 Å². The van der Waals surface area contributed by atoms with E-state index < -0.39 is 10.1 Å². The minimum absolute atomic E-state index is 0.198. The predicted octanol–water partition coefficient (Wildman–Crippen LogP) is 2.75. The van der Waals surface area contributed by atoms with Crippen molar-refractivity contribution in [2.45, 2.75) is 38.0 Å². The molecule has 0 radical (unpaired) electrons. The Hall–Kier alpha value is -1.66. The van der Waals surface area contributed by atoms with Gasteiger partial charge in [0.05, 0.1) is 11.5 Å². The third-order valence-electron chi connectivity index (χ3n) is 3.14. The molecule has 0 aliphatic carbocycles. The maximum Gasteiger partial charge on any atom is 0.296 e. The van der Waals surface area contributed by atoms with Crippen LogP contribution in [0.3, 0.4) is 0 Å². The molecule has 0 aliphatic rings. The van der Waals surface area contributed by atoms with E-state index in [0.29, 0.717) is 6.42 Å². The van der Waals surface area contributed by atoms with E-state index in [2.05, 4.69) is 9.97 Å². The van der Waals surface area contributed by atoms with Gasteiger partial charge in [-0.15, -0.1) is 0 Å². The number of nitrogens with one attached hydrogen (secondary N) is 1. The van der Waals surface area contributed by atoms with Crippen LogP contribution in [0.15, 0.2) is 35.4 Å². The van der Waals surface area contributed by atoms with Crippen molar-refractivity contribution in [2.75, 3.05) is 6.61 Å². The number of aromatic nitrogens is 2. The molecule has 1 N–H and O–H groups in total. The first-order valence-corrected chi connectivity index (χ1v) is 8.35. The van der Waals surface area contributed by atoms with Crippen LogP contribution in [0.25, 0.3) is 0 Å². The summed E-state index contributed by atoms with van der Waals surface area (Å²) in [6.45, 7) is 4.01. The van der Waals surface area contributed by atoms with Gasteiger partial charge in [-0.25, -0.2) is 4.98 Å². The summed E-state index contributed by atoms with van der Waals surface area (Å²) in [5.74, 6) is 0.892. The molecule has 0 amide bonds. The molecule has 0 aliphatic heterocycles. The molecule has 6 heteroatoms. The average molecular weight is 308 g/mol. The molecule has 1 heterocycles. The van der Waals surface area contributed by atoms with E-state index in [9.17, 15) is 8.42 Å². The lowest BCUT2D eigenvalue weighted by Gasteiger charge is -2.05. The largest absolute Gasteiger partial charge is 0.346 e. The molecule has 5 nitrogen and oxygen atoms in total. The number of benzene rings is 1. The molecule has 114 valence electrons. The highest BCUT2D eigenvalue weighted by molar-refractivity contribution is 7.86. The number of hydrogen-bond donors (Lipinski definition) is 1. The van der Waals surface area contributed by atoms with Gasteiger partial charge in [0, 0.05) is 11.9 Å². The minimum Gasteiger partial charge on any atom is -0.346 e. The molecule has 0 saturated carbocycles. The van der Waals surface area contributed by atoms with E-state index in [1.807, 2.05) is 13.8 Å². The SMILES string of the molecule is Cc1ccc(S(=O)(=O)OCCCCc2cnc(C)[nH]2)cc1. The van der Waals surface area contributed by atoms with Crippen molar-refractivity contribution in [3.05, 3.63) is 47.5 Å². The number of nitrogens with zero attached hydrogens (tertiary/aromatic N) is 1. The monoisotopic (exact) mass is 308 g/mol. The molecule has 2 aromatic rings. The summed E-state index contributed by atoms with van der Waals surface area (Å²) in [5.41, 5.74) is 2.08. The molecule has 0 bridgehead atoms. The second-order valence-corrected chi connectivity index (χ2v) is 6.66. The predicted molar refractivity (Wildman–Crippen MR) is 80.6 cm³/mol. The summed E-state index contributed by atoms with van der Waals surface area (Å²) in [6, 6.07) is 6.66. The van der Waals surface area contributed by atoms with Gasteiger partial charge in [-0.05, 0) is 45.2 Å². The number of aryl methyl sites for hydroxylation is 3. The Labute approximate surface area is 125 Å². The summed E-state index contributed by atoms with van der Waals surface area (Å²) in [7, 11) is -3.64. The summed E-state index contributed by atoms with van der Waals surface area (Å²) < 4.78 is 28.9. The van der Waals surface area contributed by atoms with E-state index in [-0.39, 0.29) is 11.5 Å². The summed E-state index contributed by atoms with van der Waals surface area (Å²) in [5, 5.41) is 0. The van der Waals surface area contributed by atoms with Gasteiger partial charge in [0.2, 0.25) is 0 Å². The maximum absolute atomic E-state index is 11.9. The van der Waals surface area contributed by atoms with Crippen LogP contribution in [0, 0.1) is 13.8 Å². The molecule has 0 spiro atoms. The number of unbranched alkanes of at least 4 members (excludes halogenated alkanes) is 1. The molecular formula is C15H20N2O3S. The lowest BCUT2D eigenvalue weighted by atomic mass is 10.2. The van der Waals surface area contributed by atoms with Crippen LogP contribution >= 0.6 is 0 Å². The summed E-state index contributed by atoms with van der Waals surface area (Å²) in [4.78, 5) is 7.47. The molecular weight excluding hydrogens is 288 g/mol. The highest BCUT2D eigenvalue weighted by Crippen LogP contribution is 2.14. The lowest BCUT2D eigenvalue weighted by molar-refractivity contribution is 0.308. The zero-order valence-electron chi connectivity index (χ0n) is 12.3. The number of H-pyrrole nitrogens is 1. The topological polar surface area (TPSA) is 72.1 Å². The third kappa shape index (κ3) is 4.68. The second-order valence-electron chi connectivity index (χ2n) is 5.04. The molecule has 0 saturated heterocycles. The molecule has 1 aromatic carbocycles. The van der Waals surface area contributed by atoms with Crippen LogP contribution in [0.4, 0.5) is 0 Å². The van der Waals surface area contributed by atoms with Crippen LogP contribution in [-0.2, 0) is 20.7 Å². The van der Waals surface area contributed by atoms with E-state index in [1.54, 1.807) is 30.5 Å². The van der Waals surface area contributed by atoms with Crippen LogP contribution in [-0.4, -0.2) is 25.0 Å². The zero-order chi connectivity index (χ0) is 15.3. The number of imidazole rings is 1. The first-order chi connectivity index (χ1) is 9.97. The van der Waals surface area contributed by atoms with Crippen molar-refractivity contribution >= 4 is 10.1 Å². The van der Waals surface area contributed by atoms with E-state index in [1.165, 1.54) is 0 Å². The quantitative estimate of drug-likeness (QED) is 0.630. The Balaban J connectivity index is 1.76. The fourth-order valence-corrected chi connectivity index (χ4v) is 2.90. The van der Waals surface area contributed by atoms with Crippen LogP contribution in [0.1, 0.15) is 29.9 Å². The van der Waals surface area contributed by atoms with Crippen LogP contribution < -0.4 is 0 Å². The van der Waals surface area contributed by atoms with Gasteiger partial charge < -0.3 is 4.98 Å². The Bertz CT molecular complexity index is 675. The van der Waals surface area contributed by atoms with E-state index >= 15 is 0 Å². The van der Waals surface area contributed by atoms with Crippen molar-refractivity contribution in [1.29, 1.82) is 0 Å². The van der Waals surface area contributed by atoms with Crippen molar-refractivity contribution < 1.29 is 12.6 Å². The van der Waals surface area contributed by atoms with Gasteiger partial charge in [0.15, 0.2) is 0 Å². The van der Waals surface area contributed by atoms with Gasteiger partial charge in [0.1, 0.15) is 5.82 Å². The fraction of sp³-hybridized carbons (Fsp3) is 0.400. The highest BCUT2D eigenvalue weighted by Gasteiger charge is 2.14. The normalized spacial score (nSPS) is 11.7. The minimum atomic E-state index is -3.64. The second kappa shape index (κ2) is 6.87. The Morgan fingerprint density at radius 3 is 2.48 bits per heavy atom. The average Bonchev–Trinajstić information content (AvgIpc) is 2.84. The molecule has 1 aromatic heterocycles. The number of aromatic amines is 1. The van der Waals surface area contributed by atoms with Gasteiger partial charge >= 0.3 is 0 Å². The summed E-state index contributed by atoms with van der Waals surface area (Å²) in [6.07, 6.45) is 4.18. The maximum atomic E-state index is 11.9. The molecule has 0 fully saturated rings. The number of rotatable bonds is 7. The van der Waals surface area contributed by atoms with Gasteiger partial charge in [-0.3, -0.25) is 4.18 Å². The zero-order valence-corrected chi connectivity index (χ0v) is 13.1. The van der Waals surface area contributed by atoms with Crippen LogP contribution in [0.2, 0.25) is 0 Å². The van der Waals surface area contributed by atoms with Crippen molar-refractivity contribution in [3.63, 3.8) is 0 Å². The van der Waals surface area contributed by atoms with E-state index in [4.69, 9.17) is 4.18 Å². The molecule has 21 heavy (non-hydrogen) atoms. The van der Waals surface area contributed by atoms with E-state index in [0.717, 1.165) is 29.9 Å². The van der Waals surface area contributed by atoms with Crippen molar-refractivity contribution in [1.82, 2.24) is 9.97 Å². The molecule has 0 unspecified atom stereocenters. The Morgan fingerprint density at radius 1 is 1.14 bits per heavy atom. The Morgan fingerprint density at radius 2 is 1.86 bits per heavy atom. The Kier molecular flexibility index (Phi) is 5.14. The first kappa shape index (κ1) is 15.7.